The van der Waals surface area contributed by atoms with E-state index in [9.17, 15) is 82.3 Å². The third-order valence-corrected chi connectivity index (χ3v) is 9.78. The van der Waals surface area contributed by atoms with Crippen molar-refractivity contribution in [1.29, 1.82) is 0 Å². The van der Waals surface area contributed by atoms with Gasteiger partial charge in [-0.1, -0.05) is 64.5 Å². The molecule has 31 heteroatoms. The topological polar surface area (TPSA) is 262 Å². The van der Waals surface area contributed by atoms with Crippen molar-refractivity contribution in [2.24, 2.45) is 0 Å². The molecule has 0 aromatic carbocycles. The van der Waals surface area contributed by atoms with Crippen molar-refractivity contribution < 1.29 is 134 Å². The monoisotopic (exact) mass is 1150 g/mol. The molecule has 0 fully saturated rings. The van der Waals surface area contributed by atoms with Gasteiger partial charge >= 0.3 is 78.7 Å². The van der Waals surface area contributed by atoms with E-state index in [4.69, 9.17) is 14.2 Å². The molecule has 0 rings (SSSR count). The van der Waals surface area contributed by atoms with Crippen molar-refractivity contribution in [2.75, 3.05) is 53.1 Å². The Bertz CT molecular complexity index is 1830. The van der Waals surface area contributed by atoms with Gasteiger partial charge in [0.1, 0.15) is 0 Å². The Labute approximate surface area is 442 Å². The standard InChI is InChI=1S/C47H68F10N2O19/c1-3-35(60)72-33-74-39(64)25-17-13-21-29-68-37(62)23-15-9-6-5-7-10-16-24-38(63)70-31-44(50,51)77-47(56,57)78-46(54,55)45(52,53)76-43(48,49)32-71-42(67)59-28-20-12-8-11-19-27-58-41(66)69-30-22-14-18-26-40(65)75-34-73-36(61)4-2/h3-4H,1-2,5-34H2,(H,58,66)(H,59,67). The van der Waals surface area contributed by atoms with E-state index >= 15 is 0 Å². The number of alkyl carbamates (subject to hydrolysis) is 2. The molecule has 0 atom stereocenters. The summed E-state index contributed by atoms with van der Waals surface area (Å²) in [7, 11) is 0. The minimum atomic E-state index is -6.80. The zero-order valence-electron chi connectivity index (χ0n) is 42.8. The number of nitrogens with one attached hydrogen (secondary N) is 2. The van der Waals surface area contributed by atoms with Gasteiger partial charge in [0.25, 0.3) is 0 Å². The van der Waals surface area contributed by atoms with Crippen LogP contribution in [0, 0.1) is 0 Å². The maximum absolute atomic E-state index is 14.0. The van der Waals surface area contributed by atoms with Gasteiger partial charge in [0.05, 0.1) is 13.2 Å². The fourth-order valence-electron chi connectivity index (χ4n) is 5.87. The lowest BCUT2D eigenvalue weighted by Crippen LogP contribution is -2.54. The maximum atomic E-state index is 14.0. The van der Waals surface area contributed by atoms with Crippen LogP contribution in [0.5, 0.6) is 0 Å². The highest BCUT2D eigenvalue weighted by Gasteiger charge is 2.69. The number of ether oxygens (including phenoxy) is 11. The number of amides is 2. The summed E-state index contributed by atoms with van der Waals surface area (Å²) in [5, 5.41) is 4.48. The van der Waals surface area contributed by atoms with Gasteiger partial charge in [-0.3, -0.25) is 19.2 Å². The number of unbranched alkanes of at least 4 members (excludes halogenated alkanes) is 14. The van der Waals surface area contributed by atoms with Crippen LogP contribution >= 0.6 is 0 Å². The smallest absolute Gasteiger partial charge is 0.466 e. The van der Waals surface area contributed by atoms with Crippen LogP contribution in [-0.4, -0.2) is 132 Å². The van der Waals surface area contributed by atoms with Crippen LogP contribution in [-0.2, 0) is 80.9 Å². The van der Waals surface area contributed by atoms with Crippen LogP contribution in [0.2, 0.25) is 0 Å². The highest BCUT2D eigenvalue weighted by atomic mass is 19.3. The Hall–Kier alpha value is -5.98. The number of carbonyl (C=O) groups excluding carboxylic acids is 8. The fraction of sp³-hybridized carbons (Fsp3) is 0.745. The Balaban J connectivity index is 4.21. The Kier molecular flexibility index (Phi) is 37.2. The minimum Gasteiger partial charge on any atom is -0.466 e. The lowest BCUT2D eigenvalue weighted by molar-refractivity contribution is -0.566. The summed E-state index contributed by atoms with van der Waals surface area (Å²) in [4.78, 5) is 92.0. The molecule has 21 nitrogen and oxygen atoms in total. The van der Waals surface area contributed by atoms with Crippen LogP contribution in [0.25, 0.3) is 0 Å². The van der Waals surface area contributed by atoms with E-state index in [1.54, 1.807) is 0 Å². The second-order valence-corrected chi connectivity index (χ2v) is 16.5. The van der Waals surface area contributed by atoms with Crippen molar-refractivity contribution in [3.05, 3.63) is 25.3 Å². The van der Waals surface area contributed by atoms with E-state index in [1.807, 2.05) is 5.32 Å². The molecular formula is C47H68F10N2O19. The Morgan fingerprint density at radius 1 is 0.359 bits per heavy atom. The average Bonchev–Trinajstić information content (AvgIpc) is 3.34. The number of esters is 6. The summed E-state index contributed by atoms with van der Waals surface area (Å²) in [6.07, 6.45) is -22.5. The van der Waals surface area contributed by atoms with Crippen molar-refractivity contribution in [2.45, 2.75) is 172 Å². The first-order valence-corrected chi connectivity index (χ1v) is 24.7. The molecule has 0 radical (unpaired) electrons. The summed E-state index contributed by atoms with van der Waals surface area (Å²) >= 11 is 0. The number of hydrogen-bond donors (Lipinski definition) is 2. The van der Waals surface area contributed by atoms with Crippen molar-refractivity contribution in [3.8, 4) is 0 Å². The first kappa shape index (κ1) is 72.0. The number of alkyl halides is 10. The minimum absolute atomic E-state index is 0.0655. The van der Waals surface area contributed by atoms with Crippen LogP contribution in [0.3, 0.4) is 0 Å². The van der Waals surface area contributed by atoms with Gasteiger partial charge in [-0.05, 0) is 64.2 Å². The van der Waals surface area contributed by atoms with Gasteiger partial charge in [-0.2, -0.15) is 35.1 Å². The number of halogens is 10. The lowest BCUT2D eigenvalue weighted by Gasteiger charge is -2.31. The van der Waals surface area contributed by atoms with Gasteiger partial charge in [0, 0.05) is 50.9 Å². The highest BCUT2D eigenvalue weighted by molar-refractivity contribution is 5.81. The van der Waals surface area contributed by atoms with Crippen molar-refractivity contribution in [3.63, 3.8) is 0 Å². The first-order valence-electron chi connectivity index (χ1n) is 24.7. The van der Waals surface area contributed by atoms with E-state index in [1.165, 1.54) is 0 Å². The van der Waals surface area contributed by atoms with Crippen LogP contribution in [0.15, 0.2) is 25.3 Å². The SMILES string of the molecule is C=CC(=O)OCOC(=O)CCCCCOC(=O)CCCCCCCCCC(=O)OCC(F)(F)OC(F)(F)OC(F)(F)C(F)(F)OC(F)(F)COC(=O)NCCCCCCCNC(=O)OCCCCCC(=O)OCOC(=O)C=C. The fourth-order valence-corrected chi connectivity index (χ4v) is 5.87. The molecule has 0 aromatic rings. The molecule has 2 N–H and O–H groups in total. The van der Waals surface area contributed by atoms with Crippen molar-refractivity contribution >= 4 is 48.0 Å². The maximum Gasteiger partial charge on any atom is 0.495 e. The first-order chi connectivity index (χ1) is 36.6. The normalized spacial score (nSPS) is 11.9. The second kappa shape index (κ2) is 40.2. The molecule has 0 unspecified atom stereocenters. The molecule has 0 aromatic heterocycles. The van der Waals surface area contributed by atoms with Crippen LogP contribution in [0.4, 0.5) is 53.5 Å². The van der Waals surface area contributed by atoms with Gasteiger partial charge in [-0.25, -0.2) is 33.4 Å². The summed E-state index contributed by atoms with van der Waals surface area (Å²) in [6.45, 7) is 0.838. The number of hydrogen-bond acceptors (Lipinski definition) is 19. The van der Waals surface area contributed by atoms with Gasteiger partial charge in [0.15, 0.2) is 13.2 Å². The van der Waals surface area contributed by atoms with Gasteiger partial charge in [-0.15, -0.1) is 8.78 Å². The molecule has 0 aliphatic carbocycles. The highest BCUT2D eigenvalue weighted by Crippen LogP contribution is 2.44. The van der Waals surface area contributed by atoms with E-state index < -0.39 is 112 Å². The number of carbonyl (C=O) groups is 8. The Morgan fingerprint density at radius 2 is 0.692 bits per heavy atom. The Morgan fingerprint density at radius 3 is 1.14 bits per heavy atom. The molecule has 0 aliphatic heterocycles. The molecule has 78 heavy (non-hydrogen) atoms. The number of rotatable bonds is 47. The van der Waals surface area contributed by atoms with Crippen LogP contribution < -0.4 is 10.6 Å². The van der Waals surface area contributed by atoms with E-state index in [-0.39, 0.29) is 58.4 Å². The zero-order valence-corrected chi connectivity index (χ0v) is 42.8. The molecule has 0 heterocycles. The predicted molar refractivity (Wildman–Crippen MR) is 245 cm³/mol. The lowest BCUT2D eigenvalue weighted by atomic mass is 10.1. The van der Waals surface area contributed by atoms with Gasteiger partial charge < -0.3 is 48.5 Å². The van der Waals surface area contributed by atoms with Crippen LogP contribution in [0.1, 0.15) is 141 Å². The predicted octanol–water partition coefficient (Wildman–Crippen LogP) is 9.54. The zero-order chi connectivity index (χ0) is 58.9. The molecule has 0 saturated heterocycles. The molecule has 450 valence electrons. The molecule has 2 amide bonds. The second-order valence-electron chi connectivity index (χ2n) is 16.5. The summed E-state index contributed by atoms with van der Waals surface area (Å²) < 4.78 is 184. The summed E-state index contributed by atoms with van der Waals surface area (Å²) in [5.41, 5.74) is 0. The quantitative estimate of drug-likeness (QED) is 0.0143. The van der Waals surface area contributed by atoms with E-state index in [0.29, 0.717) is 103 Å². The van der Waals surface area contributed by atoms with E-state index in [0.717, 1.165) is 12.2 Å². The third-order valence-electron chi connectivity index (χ3n) is 9.78. The largest absolute Gasteiger partial charge is 0.495 e. The summed E-state index contributed by atoms with van der Waals surface area (Å²) in [6, 6.07) is 0. The molecule has 0 saturated carbocycles. The molecular weight excluding hydrogens is 1090 g/mol. The average molecular weight is 1160 g/mol. The van der Waals surface area contributed by atoms with E-state index in [2.05, 4.69) is 56.4 Å². The molecule has 0 bridgehead atoms. The van der Waals surface area contributed by atoms with Gasteiger partial charge in [0.2, 0.25) is 13.6 Å². The molecule has 0 spiro atoms. The third kappa shape index (κ3) is 40.3. The van der Waals surface area contributed by atoms with Crippen molar-refractivity contribution in [1.82, 2.24) is 10.6 Å². The summed E-state index contributed by atoms with van der Waals surface area (Å²) in [5.74, 6) is -4.39. The molecule has 0 aliphatic rings.